The van der Waals surface area contributed by atoms with Crippen molar-refractivity contribution >= 4 is 22.1 Å². The van der Waals surface area contributed by atoms with Gasteiger partial charge in [-0.1, -0.05) is 36.4 Å². The second-order valence-electron chi connectivity index (χ2n) is 4.08. The number of aromatic amines is 1. The zero-order valence-corrected chi connectivity index (χ0v) is 10.1. The van der Waals surface area contributed by atoms with Gasteiger partial charge in [0.1, 0.15) is 0 Å². The van der Waals surface area contributed by atoms with Gasteiger partial charge in [-0.3, -0.25) is 4.79 Å². The third kappa shape index (κ3) is 2.28. The summed E-state index contributed by atoms with van der Waals surface area (Å²) in [5.74, 6) is 0. The van der Waals surface area contributed by atoms with Crippen molar-refractivity contribution in [2.45, 2.75) is 0 Å². The normalized spacial score (nSPS) is 11.2. The lowest BCUT2D eigenvalue weighted by atomic mass is 10.1. The van der Waals surface area contributed by atoms with Crippen LogP contribution in [-0.2, 0) is 0 Å². The average molecular weight is 249 g/mol. The Balaban J connectivity index is 2.07. The van der Waals surface area contributed by atoms with Gasteiger partial charge >= 0.3 is 0 Å². The van der Waals surface area contributed by atoms with Crippen LogP contribution in [0.2, 0.25) is 0 Å². The van der Waals surface area contributed by atoms with Gasteiger partial charge in [-0.15, -0.1) is 10.2 Å². The number of fused-ring (bicyclic) bond motifs is 1. The van der Waals surface area contributed by atoms with Crippen molar-refractivity contribution in [3.63, 3.8) is 0 Å². The fraction of sp³-hybridized carbons (Fsp3) is 0. The minimum atomic E-state index is -0.244. The first-order valence-electron chi connectivity index (χ1n) is 5.92. The molecule has 2 aromatic carbocycles. The van der Waals surface area contributed by atoms with Crippen LogP contribution in [0.15, 0.2) is 75.8 Å². The number of aromatic nitrogens is 1. The van der Waals surface area contributed by atoms with Crippen LogP contribution >= 0.6 is 0 Å². The number of rotatable bonds is 2. The Hall–Kier alpha value is -2.75. The van der Waals surface area contributed by atoms with E-state index >= 15 is 0 Å². The molecule has 92 valence electrons. The van der Waals surface area contributed by atoms with Gasteiger partial charge in [0.05, 0.1) is 5.69 Å². The fourth-order valence-corrected chi connectivity index (χ4v) is 1.89. The Morgan fingerprint density at radius 1 is 0.789 bits per heavy atom. The highest BCUT2D eigenvalue weighted by Gasteiger charge is 1.99. The van der Waals surface area contributed by atoms with E-state index in [1.54, 1.807) is 18.3 Å². The Labute approximate surface area is 109 Å². The molecule has 4 heteroatoms. The Morgan fingerprint density at radius 3 is 2.42 bits per heavy atom. The minimum absolute atomic E-state index is 0.244. The zero-order valence-electron chi connectivity index (χ0n) is 10.1. The quantitative estimate of drug-likeness (QED) is 0.687. The number of benzene rings is 2. The molecule has 19 heavy (non-hydrogen) atoms. The van der Waals surface area contributed by atoms with Gasteiger partial charge in [0.2, 0.25) is 0 Å². The van der Waals surface area contributed by atoms with Crippen LogP contribution in [-0.4, -0.2) is 4.98 Å². The molecule has 0 atom stereocenters. The Kier molecular flexibility index (Phi) is 2.90. The molecule has 3 rings (SSSR count). The van der Waals surface area contributed by atoms with Crippen molar-refractivity contribution in [3.05, 3.63) is 71.1 Å². The van der Waals surface area contributed by atoms with Gasteiger partial charge in [-0.05, 0) is 23.6 Å². The topological polar surface area (TPSA) is 57.6 Å². The van der Waals surface area contributed by atoms with E-state index in [9.17, 15) is 4.79 Å². The van der Waals surface area contributed by atoms with Gasteiger partial charge in [0.15, 0.2) is 5.69 Å². The minimum Gasteiger partial charge on any atom is -0.327 e. The van der Waals surface area contributed by atoms with Crippen molar-refractivity contribution in [2.75, 3.05) is 0 Å². The molecular formula is C15H11N3O. The third-order valence-corrected chi connectivity index (χ3v) is 2.83. The monoisotopic (exact) mass is 249 g/mol. The lowest BCUT2D eigenvalue weighted by Gasteiger charge is -1.99. The SMILES string of the molecule is O=c1[nH]cccc1N=Nc1cccc2ccccc12. The van der Waals surface area contributed by atoms with Crippen LogP contribution < -0.4 is 5.56 Å². The molecule has 0 amide bonds. The van der Waals surface area contributed by atoms with E-state index in [1.807, 2.05) is 42.5 Å². The Morgan fingerprint density at radius 2 is 1.53 bits per heavy atom. The molecule has 1 heterocycles. The number of hydrogen-bond acceptors (Lipinski definition) is 3. The highest BCUT2D eigenvalue weighted by atomic mass is 16.1. The smallest absolute Gasteiger partial charge is 0.275 e. The summed E-state index contributed by atoms with van der Waals surface area (Å²) in [7, 11) is 0. The van der Waals surface area contributed by atoms with E-state index < -0.39 is 0 Å². The number of hydrogen-bond donors (Lipinski definition) is 1. The second kappa shape index (κ2) is 4.86. The lowest BCUT2D eigenvalue weighted by molar-refractivity contribution is 1.16. The van der Waals surface area contributed by atoms with Crippen molar-refractivity contribution in [3.8, 4) is 0 Å². The van der Waals surface area contributed by atoms with Crippen LogP contribution in [0.4, 0.5) is 11.4 Å². The van der Waals surface area contributed by atoms with Gasteiger partial charge in [0.25, 0.3) is 5.56 Å². The van der Waals surface area contributed by atoms with Crippen molar-refractivity contribution in [1.82, 2.24) is 4.98 Å². The van der Waals surface area contributed by atoms with Gasteiger partial charge in [-0.25, -0.2) is 0 Å². The van der Waals surface area contributed by atoms with Crippen LogP contribution in [0.5, 0.6) is 0 Å². The van der Waals surface area contributed by atoms with Crippen LogP contribution in [0, 0.1) is 0 Å². The molecule has 3 aromatic rings. The number of H-pyrrole nitrogens is 1. The highest BCUT2D eigenvalue weighted by Crippen LogP contribution is 2.26. The Bertz CT molecular complexity index is 800. The van der Waals surface area contributed by atoms with Crippen molar-refractivity contribution in [1.29, 1.82) is 0 Å². The first kappa shape index (κ1) is 11.3. The second-order valence-corrected chi connectivity index (χ2v) is 4.08. The first-order chi connectivity index (χ1) is 9.34. The van der Waals surface area contributed by atoms with Gasteiger partial charge in [-0.2, -0.15) is 0 Å². The number of nitrogens with one attached hydrogen (secondary N) is 1. The number of pyridine rings is 1. The molecule has 0 aliphatic rings. The molecule has 1 aromatic heterocycles. The maximum Gasteiger partial charge on any atom is 0.275 e. The maximum absolute atomic E-state index is 11.5. The standard InChI is InChI=1S/C15H11N3O/c19-15-14(9-4-10-16-15)18-17-13-8-3-6-11-5-1-2-7-12(11)13/h1-10H,(H,16,19). The summed E-state index contributed by atoms with van der Waals surface area (Å²) < 4.78 is 0. The van der Waals surface area contributed by atoms with Gasteiger partial charge in [0, 0.05) is 11.6 Å². The molecule has 0 bridgehead atoms. The molecule has 0 unspecified atom stereocenters. The van der Waals surface area contributed by atoms with Gasteiger partial charge < -0.3 is 4.98 Å². The molecule has 0 spiro atoms. The third-order valence-electron chi connectivity index (χ3n) is 2.83. The average Bonchev–Trinajstić information content (AvgIpc) is 2.46. The molecule has 0 saturated heterocycles. The highest BCUT2D eigenvalue weighted by molar-refractivity contribution is 5.92. The maximum atomic E-state index is 11.5. The lowest BCUT2D eigenvalue weighted by Crippen LogP contribution is -2.01. The molecule has 0 fully saturated rings. The molecular weight excluding hydrogens is 238 g/mol. The van der Waals surface area contributed by atoms with E-state index in [-0.39, 0.29) is 5.56 Å². The van der Waals surface area contributed by atoms with E-state index in [4.69, 9.17) is 0 Å². The summed E-state index contributed by atoms with van der Waals surface area (Å²) >= 11 is 0. The molecule has 4 nitrogen and oxygen atoms in total. The predicted molar refractivity (Wildman–Crippen MR) is 75.2 cm³/mol. The summed E-state index contributed by atoms with van der Waals surface area (Å²) in [5.41, 5.74) is 0.809. The summed E-state index contributed by atoms with van der Waals surface area (Å²) in [6, 6.07) is 17.1. The van der Waals surface area contributed by atoms with E-state index in [1.165, 1.54) is 0 Å². The van der Waals surface area contributed by atoms with Crippen LogP contribution in [0.25, 0.3) is 10.8 Å². The predicted octanol–water partition coefficient (Wildman–Crippen LogP) is 3.94. The molecule has 0 saturated carbocycles. The number of nitrogens with zero attached hydrogens (tertiary/aromatic N) is 2. The molecule has 0 aliphatic heterocycles. The van der Waals surface area contributed by atoms with Crippen molar-refractivity contribution in [2.24, 2.45) is 10.2 Å². The van der Waals surface area contributed by atoms with E-state index in [2.05, 4.69) is 15.2 Å². The number of azo groups is 1. The van der Waals surface area contributed by atoms with Crippen LogP contribution in [0.1, 0.15) is 0 Å². The summed E-state index contributed by atoms with van der Waals surface area (Å²) in [6.45, 7) is 0. The molecule has 1 N–H and O–H groups in total. The first-order valence-corrected chi connectivity index (χ1v) is 5.92. The molecule has 0 aliphatic carbocycles. The summed E-state index contributed by atoms with van der Waals surface area (Å²) in [5, 5.41) is 10.3. The van der Waals surface area contributed by atoms with E-state index in [0.717, 1.165) is 16.5 Å². The largest absolute Gasteiger partial charge is 0.327 e. The molecule has 0 radical (unpaired) electrons. The zero-order chi connectivity index (χ0) is 13.1. The summed E-state index contributed by atoms with van der Waals surface area (Å²) in [6.07, 6.45) is 1.57. The van der Waals surface area contributed by atoms with Crippen molar-refractivity contribution < 1.29 is 0 Å². The van der Waals surface area contributed by atoms with E-state index in [0.29, 0.717) is 5.69 Å². The fourth-order valence-electron chi connectivity index (χ4n) is 1.89. The van der Waals surface area contributed by atoms with Crippen LogP contribution in [0.3, 0.4) is 0 Å². The summed E-state index contributed by atoms with van der Waals surface area (Å²) in [4.78, 5) is 14.1.